The zero-order valence-corrected chi connectivity index (χ0v) is 20.4. The van der Waals surface area contributed by atoms with Crippen LogP contribution in [0.3, 0.4) is 0 Å². The monoisotopic (exact) mass is 494 g/mol. The molecule has 2 aliphatic rings. The molecule has 0 aliphatic heterocycles. The first-order valence-electron chi connectivity index (χ1n) is 11.4. The van der Waals surface area contributed by atoms with Crippen molar-refractivity contribution in [3.8, 4) is 0 Å². The van der Waals surface area contributed by atoms with Gasteiger partial charge in [0.1, 0.15) is 0 Å². The smallest absolute Gasteiger partial charge is 0.0577 e. The van der Waals surface area contributed by atoms with E-state index >= 15 is 0 Å². The molecule has 0 saturated heterocycles. The van der Waals surface area contributed by atoms with E-state index in [4.69, 9.17) is 0 Å². The predicted octanol–water partition coefficient (Wildman–Crippen LogP) is 7.41. The molecule has 156 valence electrons. The predicted molar refractivity (Wildman–Crippen MR) is 128 cm³/mol. The molecule has 0 unspecified atom stereocenters. The second-order valence-corrected chi connectivity index (χ2v) is 11.1. The molecule has 2 saturated carbocycles. The fraction of sp³-hybridized carbons (Fsp3) is 0.692. The topological polar surface area (TPSA) is 20.2 Å². The van der Waals surface area contributed by atoms with Crippen molar-refractivity contribution in [2.45, 2.75) is 85.2 Å². The van der Waals surface area contributed by atoms with Gasteiger partial charge in [0.25, 0.3) is 0 Å². The number of hydrogen-bond donors (Lipinski definition) is 1. The summed E-state index contributed by atoms with van der Waals surface area (Å²) in [6.07, 6.45) is 12.1. The highest BCUT2D eigenvalue weighted by molar-refractivity contribution is 14.1. The average Bonchev–Trinajstić information content (AvgIpc) is 2.67. The van der Waals surface area contributed by atoms with Crippen molar-refractivity contribution >= 4 is 22.6 Å². The molecule has 0 amide bonds. The van der Waals surface area contributed by atoms with Gasteiger partial charge in [-0.05, 0) is 115 Å². The van der Waals surface area contributed by atoms with E-state index in [1.807, 2.05) is 0 Å². The van der Waals surface area contributed by atoms with Crippen molar-refractivity contribution in [2.24, 2.45) is 29.1 Å². The summed E-state index contributed by atoms with van der Waals surface area (Å²) in [5.41, 5.74) is 3.37. The Balaban J connectivity index is 1.76. The number of hydrogen-bond acceptors (Lipinski definition) is 1. The van der Waals surface area contributed by atoms with Crippen LogP contribution >= 0.6 is 22.6 Å². The summed E-state index contributed by atoms with van der Waals surface area (Å²) >= 11 is 2.37. The Morgan fingerprint density at radius 1 is 1.25 bits per heavy atom. The summed E-state index contributed by atoms with van der Waals surface area (Å²) in [7, 11) is 0. The largest absolute Gasteiger partial charge is 0.393 e. The van der Waals surface area contributed by atoms with E-state index in [-0.39, 0.29) is 6.10 Å². The molecule has 0 radical (unpaired) electrons. The van der Waals surface area contributed by atoms with Crippen LogP contribution in [-0.4, -0.2) is 11.2 Å². The molecule has 0 spiro atoms. The molecule has 2 heteroatoms. The highest BCUT2D eigenvalue weighted by Gasteiger charge is 2.52. The summed E-state index contributed by atoms with van der Waals surface area (Å²) in [5, 5.41) is 11.0. The average molecular weight is 495 g/mol. The SMILES string of the molecule is CCCC/C=C(/C)[C@@H]1CC[C@H]2[C@H](Cc3ccc(I)cc3)[C@H](O)C[C@@H](C)[C@]2(C)C1. The summed E-state index contributed by atoms with van der Waals surface area (Å²) in [4.78, 5) is 0. The van der Waals surface area contributed by atoms with Crippen molar-refractivity contribution < 1.29 is 5.11 Å². The molecule has 6 atom stereocenters. The van der Waals surface area contributed by atoms with Gasteiger partial charge in [-0.2, -0.15) is 0 Å². The first kappa shape index (κ1) is 22.3. The lowest BCUT2D eigenvalue weighted by Crippen LogP contribution is -2.52. The van der Waals surface area contributed by atoms with E-state index in [2.05, 4.69) is 80.6 Å². The maximum absolute atomic E-state index is 11.0. The number of aliphatic hydroxyl groups is 1. The van der Waals surface area contributed by atoms with Gasteiger partial charge in [0.15, 0.2) is 0 Å². The third-order valence-corrected chi connectivity index (χ3v) is 8.86. The van der Waals surface area contributed by atoms with Gasteiger partial charge < -0.3 is 5.11 Å². The van der Waals surface area contributed by atoms with Gasteiger partial charge in [-0.25, -0.2) is 0 Å². The quantitative estimate of drug-likeness (QED) is 0.248. The number of allylic oxidation sites excluding steroid dienone is 2. The second-order valence-electron chi connectivity index (χ2n) is 9.88. The Bertz CT molecular complexity index is 664. The molecule has 1 aromatic rings. The van der Waals surface area contributed by atoms with Crippen LogP contribution in [0.4, 0.5) is 0 Å². The zero-order valence-electron chi connectivity index (χ0n) is 18.3. The van der Waals surface area contributed by atoms with Gasteiger partial charge in [-0.15, -0.1) is 0 Å². The summed E-state index contributed by atoms with van der Waals surface area (Å²) in [6.45, 7) is 9.59. The normalized spacial score (nSPS) is 36.2. The molecule has 1 aromatic carbocycles. The first-order chi connectivity index (χ1) is 13.3. The highest BCUT2D eigenvalue weighted by atomic mass is 127. The summed E-state index contributed by atoms with van der Waals surface area (Å²) in [6, 6.07) is 8.93. The molecule has 2 aliphatic carbocycles. The molecule has 2 fully saturated rings. The van der Waals surface area contributed by atoms with E-state index in [1.54, 1.807) is 5.57 Å². The van der Waals surface area contributed by atoms with Gasteiger partial charge in [0.2, 0.25) is 0 Å². The standard InChI is InChI=1S/C26H39IO/c1-5-6-7-8-18(2)21-11-14-24-23(16-20-9-12-22(27)13-10-20)25(28)15-19(3)26(24,4)17-21/h8-10,12-13,19,21,23-25,28H,5-7,11,14-17H2,1-4H3/b18-8-/t19-,21-,23+,24+,25-,26+/m1/s1. The molecule has 1 N–H and O–H groups in total. The van der Waals surface area contributed by atoms with E-state index in [1.165, 1.54) is 47.7 Å². The molecule has 0 aromatic heterocycles. The van der Waals surface area contributed by atoms with Crippen LogP contribution in [0.5, 0.6) is 0 Å². The van der Waals surface area contributed by atoms with Gasteiger partial charge >= 0.3 is 0 Å². The molecule has 0 bridgehead atoms. The number of benzene rings is 1. The van der Waals surface area contributed by atoms with Crippen LogP contribution in [0.2, 0.25) is 0 Å². The molecule has 0 heterocycles. The lowest BCUT2D eigenvalue weighted by Gasteiger charge is -2.56. The number of aliphatic hydroxyl groups excluding tert-OH is 1. The Hall–Kier alpha value is -0.350. The third kappa shape index (κ3) is 4.86. The maximum atomic E-state index is 11.0. The lowest BCUT2D eigenvalue weighted by molar-refractivity contribution is -0.105. The third-order valence-electron chi connectivity index (χ3n) is 8.14. The van der Waals surface area contributed by atoms with Crippen LogP contribution in [0.25, 0.3) is 0 Å². The van der Waals surface area contributed by atoms with E-state index in [0.717, 1.165) is 18.8 Å². The van der Waals surface area contributed by atoms with Crippen molar-refractivity contribution in [1.29, 1.82) is 0 Å². The van der Waals surface area contributed by atoms with Crippen LogP contribution in [0, 0.1) is 32.7 Å². The van der Waals surface area contributed by atoms with Crippen LogP contribution in [0.15, 0.2) is 35.9 Å². The number of unbranched alkanes of at least 4 members (excludes halogenated alkanes) is 2. The minimum absolute atomic E-state index is 0.148. The van der Waals surface area contributed by atoms with Crippen molar-refractivity contribution in [1.82, 2.24) is 0 Å². The van der Waals surface area contributed by atoms with Gasteiger partial charge in [-0.3, -0.25) is 0 Å². The second kappa shape index (κ2) is 9.64. The summed E-state index contributed by atoms with van der Waals surface area (Å²) < 4.78 is 1.29. The van der Waals surface area contributed by atoms with Gasteiger partial charge in [0.05, 0.1) is 6.10 Å². The molecule has 3 rings (SSSR count). The Kier molecular flexibility index (Phi) is 7.69. The van der Waals surface area contributed by atoms with E-state index in [0.29, 0.717) is 23.2 Å². The van der Waals surface area contributed by atoms with Gasteiger partial charge in [-0.1, -0.05) is 57.4 Å². The molecular formula is C26H39IO. The zero-order chi connectivity index (χ0) is 20.3. The van der Waals surface area contributed by atoms with Crippen LogP contribution in [0.1, 0.15) is 78.2 Å². The number of halogens is 1. The Morgan fingerprint density at radius 2 is 1.96 bits per heavy atom. The van der Waals surface area contributed by atoms with Crippen LogP contribution < -0.4 is 0 Å². The van der Waals surface area contributed by atoms with Crippen LogP contribution in [-0.2, 0) is 6.42 Å². The van der Waals surface area contributed by atoms with Crippen molar-refractivity contribution in [3.63, 3.8) is 0 Å². The Morgan fingerprint density at radius 3 is 2.64 bits per heavy atom. The Labute approximate surface area is 186 Å². The molecular weight excluding hydrogens is 455 g/mol. The fourth-order valence-corrected chi connectivity index (χ4v) is 6.46. The maximum Gasteiger partial charge on any atom is 0.0577 e. The molecule has 28 heavy (non-hydrogen) atoms. The van der Waals surface area contributed by atoms with Gasteiger partial charge in [0, 0.05) is 3.57 Å². The number of rotatable bonds is 6. The first-order valence-corrected chi connectivity index (χ1v) is 12.5. The lowest BCUT2D eigenvalue weighted by atomic mass is 9.49. The van der Waals surface area contributed by atoms with Crippen molar-refractivity contribution in [2.75, 3.05) is 0 Å². The minimum atomic E-state index is -0.148. The number of fused-ring (bicyclic) bond motifs is 1. The molecule has 1 nitrogen and oxygen atoms in total. The summed E-state index contributed by atoms with van der Waals surface area (Å²) in [5.74, 6) is 2.40. The van der Waals surface area contributed by atoms with Crippen molar-refractivity contribution in [3.05, 3.63) is 45.0 Å². The van der Waals surface area contributed by atoms with E-state index in [9.17, 15) is 5.11 Å². The minimum Gasteiger partial charge on any atom is -0.393 e. The highest BCUT2D eigenvalue weighted by Crippen LogP contribution is 2.58. The van der Waals surface area contributed by atoms with E-state index < -0.39 is 0 Å². The fourth-order valence-electron chi connectivity index (χ4n) is 6.10.